The van der Waals surface area contributed by atoms with Crippen molar-refractivity contribution in [2.45, 2.75) is 19.6 Å². The Labute approximate surface area is 213 Å². The molecule has 172 valence electrons. The number of ether oxygens (including phenoxy) is 1. The van der Waals surface area contributed by atoms with Gasteiger partial charge in [-0.25, -0.2) is 9.97 Å². The first kappa shape index (κ1) is 22.8. The van der Waals surface area contributed by atoms with Gasteiger partial charge in [-0.1, -0.05) is 17.7 Å². The maximum atomic E-state index is 11.2. The predicted octanol–water partition coefficient (Wildman–Crippen LogP) is 5.86. The molecule has 1 aliphatic heterocycles. The topological polar surface area (TPSA) is 80.2 Å². The van der Waals surface area contributed by atoms with E-state index >= 15 is 0 Å². The quantitative estimate of drug-likeness (QED) is 0.226. The SMILES string of the molecule is O=C(Br)C=CN1CCc2c(sc3ncnc(Nc4ccc(OCc5ccccn5)c(Cl)c4)c23)C1. The molecule has 0 aliphatic carbocycles. The van der Waals surface area contributed by atoms with Crippen LogP contribution in [-0.4, -0.2) is 31.1 Å². The molecular weight excluding hydrogens is 538 g/mol. The standard InChI is InChI=1S/C24H19BrClN5O2S/c25-21(32)7-10-31-9-6-17-20(12-31)34-24-22(17)23(28-14-29-24)30-15-4-5-19(18(26)11-15)33-13-16-3-1-2-8-27-16/h1-5,7-8,10-11,14H,6,9,12-13H2,(H,28,29,30). The van der Waals surface area contributed by atoms with E-state index in [0.29, 0.717) is 17.4 Å². The van der Waals surface area contributed by atoms with Gasteiger partial charge in [-0.15, -0.1) is 11.3 Å². The molecule has 1 N–H and O–H groups in total. The third kappa shape index (κ3) is 5.06. The molecule has 1 aromatic carbocycles. The van der Waals surface area contributed by atoms with Crippen LogP contribution in [0.25, 0.3) is 10.2 Å². The summed E-state index contributed by atoms with van der Waals surface area (Å²) in [5, 5.41) is 4.94. The van der Waals surface area contributed by atoms with E-state index in [1.165, 1.54) is 16.5 Å². The van der Waals surface area contributed by atoms with Gasteiger partial charge in [-0.2, -0.15) is 0 Å². The van der Waals surface area contributed by atoms with Gasteiger partial charge in [0.2, 0.25) is 4.69 Å². The van der Waals surface area contributed by atoms with Crippen molar-refractivity contribution >= 4 is 65.3 Å². The first-order valence-electron chi connectivity index (χ1n) is 10.5. The monoisotopic (exact) mass is 555 g/mol. The molecule has 0 atom stereocenters. The second-order valence-corrected chi connectivity index (χ2v) is 9.90. The highest BCUT2D eigenvalue weighted by molar-refractivity contribution is 9.18. The Balaban J connectivity index is 1.35. The van der Waals surface area contributed by atoms with Crippen LogP contribution in [0.1, 0.15) is 16.1 Å². The molecule has 5 rings (SSSR count). The summed E-state index contributed by atoms with van der Waals surface area (Å²) in [4.78, 5) is 28.8. The second-order valence-electron chi connectivity index (χ2n) is 7.63. The average molecular weight is 557 g/mol. The highest BCUT2D eigenvalue weighted by Crippen LogP contribution is 2.38. The number of pyridine rings is 1. The fourth-order valence-corrected chi connectivity index (χ4v) is 5.37. The van der Waals surface area contributed by atoms with Crippen LogP contribution in [0.3, 0.4) is 0 Å². The van der Waals surface area contributed by atoms with Gasteiger partial charge in [-0.05, 0) is 58.2 Å². The largest absolute Gasteiger partial charge is 0.486 e. The van der Waals surface area contributed by atoms with Gasteiger partial charge in [0.05, 0.1) is 22.6 Å². The summed E-state index contributed by atoms with van der Waals surface area (Å²) in [7, 11) is 0. The van der Waals surface area contributed by atoms with E-state index in [-0.39, 0.29) is 4.69 Å². The van der Waals surface area contributed by atoms with Gasteiger partial charge in [0, 0.05) is 35.6 Å². The summed E-state index contributed by atoms with van der Waals surface area (Å²) in [6.45, 7) is 1.90. The van der Waals surface area contributed by atoms with Crippen LogP contribution in [0, 0.1) is 0 Å². The number of carbonyl (C=O) groups excluding carboxylic acids is 1. The van der Waals surface area contributed by atoms with Crippen LogP contribution in [0.2, 0.25) is 5.02 Å². The minimum absolute atomic E-state index is 0.140. The van der Waals surface area contributed by atoms with Crippen molar-refractivity contribution in [1.29, 1.82) is 0 Å². The molecule has 3 aromatic heterocycles. The third-order valence-electron chi connectivity index (χ3n) is 5.38. The molecule has 1 aliphatic rings. The van der Waals surface area contributed by atoms with E-state index < -0.39 is 0 Å². The van der Waals surface area contributed by atoms with Crippen LogP contribution in [0.5, 0.6) is 5.75 Å². The summed E-state index contributed by atoms with van der Waals surface area (Å²) >= 11 is 11.1. The van der Waals surface area contributed by atoms with Gasteiger partial charge in [0.15, 0.2) is 0 Å². The highest BCUT2D eigenvalue weighted by atomic mass is 79.9. The zero-order valence-electron chi connectivity index (χ0n) is 17.9. The van der Waals surface area contributed by atoms with Crippen LogP contribution in [0.15, 0.2) is 61.2 Å². The lowest BCUT2D eigenvalue weighted by molar-refractivity contribution is -0.106. The lowest BCUT2D eigenvalue weighted by atomic mass is 10.1. The lowest BCUT2D eigenvalue weighted by Gasteiger charge is -2.25. The number of carbonyl (C=O) groups is 1. The zero-order valence-corrected chi connectivity index (χ0v) is 21.0. The Morgan fingerprint density at radius 1 is 1.26 bits per heavy atom. The molecule has 0 amide bonds. The number of rotatable bonds is 7. The number of benzene rings is 1. The Morgan fingerprint density at radius 2 is 2.18 bits per heavy atom. The van der Waals surface area contributed by atoms with Crippen LogP contribution < -0.4 is 10.1 Å². The van der Waals surface area contributed by atoms with Crippen molar-refractivity contribution in [2.24, 2.45) is 0 Å². The number of hydrogen-bond donors (Lipinski definition) is 1. The number of halogens is 2. The van der Waals surface area contributed by atoms with Crippen LogP contribution >= 0.6 is 38.9 Å². The van der Waals surface area contributed by atoms with E-state index in [1.807, 2.05) is 42.6 Å². The van der Waals surface area contributed by atoms with Crippen LogP contribution in [-0.2, 0) is 24.4 Å². The molecule has 7 nitrogen and oxygen atoms in total. The zero-order chi connectivity index (χ0) is 23.5. The molecule has 0 fully saturated rings. The number of thiophene rings is 1. The molecule has 4 heterocycles. The Hall–Kier alpha value is -3.01. The molecule has 0 bridgehead atoms. The maximum Gasteiger partial charge on any atom is 0.222 e. The van der Waals surface area contributed by atoms with Crippen molar-refractivity contribution in [3.05, 3.63) is 82.4 Å². The minimum Gasteiger partial charge on any atom is -0.486 e. The molecule has 34 heavy (non-hydrogen) atoms. The summed E-state index contributed by atoms with van der Waals surface area (Å²) in [6.07, 6.45) is 7.50. The van der Waals surface area contributed by atoms with Crippen molar-refractivity contribution in [1.82, 2.24) is 19.9 Å². The number of allylic oxidation sites excluding steroid dienone is 1. The average Bonchev–Trinajstić information content (AvgIpc) is 3.21. The van der Waals surface area contributed by atoms with Crippen molar-refractivity contribution in [3.63, 3.8) is 0 Å². The van der Waals surface area contributed by atoms with Gasteiger partial charge >= 0.3 is 0 Å². The third-order valence-corrected chi connectivity index (χ3v) is 7.06. The Bertz CT molecular complexity index is 1380. The second kappa shape index (κ2) is 10.1. The van der Waals surface area contributed by atoms with Crippen LogP contribution in [0.4, 0.5) is 11.5 Å². The predicted molar refractivity (Wildman–Crippen MR) is 138 cm³/mol. The van der Waals surface area contributed by atoms with Gasteiger partial charge in [0.1, 0.15) is 29.3 Å². The van der Waals surface area contributed by atoms with Crippen molar-refractivity contribution in [2.75, 3.05) is 11.9 Å². The first-order valence-corrected chi connectivity index (χ1v) is 12.5. The number of fused-ring (bicyclic) bond motifs is 3. The first-order chi connectivity index (χ1) is 16.6. The normalized spacial score (nSPS) is 13.3. The molecule has 0 saturated heterocycles. The fraction of sp³-hybridized carbons (Fsp3) is 0.167. The maximum absolute atomic E-state index is 11.2. The minimum atomic E-state index is -0.140. The van der Waals surface area contributed by atoms with E-state index in [1.54, 1.807) is 23.9 Å². The molecular formula is C24H19BrClN5O2S. The molecule has 0 spiro atoms. The molecule has 0 radical (unpaired) electrons. The Morgan fingerprint density at radius 3 is 2.97 bits per heavy atom. The molecule has 0 unspecified atom stereocenters. The Kier molecular flexibility index (Phi) is 6.75. The summed E-state index contributed by atoms with van der Waals surface area (Å²) in [5.74, 6) is 1.34. The van der Waals surface area contributed by atoms with Gasteiger partial charge in [0.25, 0.3) is 0 Å². The fourth-order valence-electron chi connectivity index (χ4n) is 3.80. The van der Waals surface area contributed by atoms with Gasteiger partial charge in [-0.3, -0.25) is 9.78 Å². The highest BCUT2D eigenvalue weighted by Gasteiger charge is 2.22. The van der Waals surface area contributed by atoms with E-state index in [2.05, 4.69) is 41.1 Å². The van der Waals surface area contributed by atoms with E-state index in [4.69, 9.17) is 16.3 Å². The molecule has 10 heteroatoms. The van der Waals surface area contributed by atoms with Gasteiger partial charge < -0.3 is 15.0 Å². The van der Waals surface area contributed by atoms with E-state index in [0.717, 1.165) is 46.9 Å². The summed E-state index contributed by atoms with van der Waals surface area (Å²) in [5.41, 5.74) is 2.89. The van der Waals surface area contributed by atoms with Crippen molar-refractivity contribution < 1.29 is 9.53 Å². The smallest absolute Gasteiger partial charge is 0.222 e. The molecule has 0 saturated carbocycles. The number of anilines is 2. The number of hydrogen-bond acceptors (Lipinski definition) is 8. The molecule has 4 aromatic rings. The lowest BCUT2D eigenvalue weighted by Crippen LogP contribution is -2.24. The van der Waals surface area contributed by atoms with E-state index in [9.17, 15) is 4.79 Å². The van der Waals surface area contributed by atoms with Crippen molar-refractivity contribution in [3.8, 4) is 5.75 Å². The summed E-state index contributed by atoms with van der Waals surface area (Å²) < 4.78 is 5.68. The number of nitrogens with zero attached hydrogens (tertiary/aromatic N) is 4. The number of nitrogens with one attached hydrogen (secondary N) is 1. The number of aromatic nitrogens is 3. The summed E-state index contributed by atoms with van der Waals surface area (Å²) in [6, 6.07) is 11.3.